The van der Waals surface area contributed by atoms with Gasteiger partial charge in [-0.3, -0.25) is 0 Å². The van der Waals surface area contributed by atoms with E-state index >= 15 is 0 Å². The first-order valence-electron chi connectivity index (χ1n) is 5.71. The third-order valence-electron chi connectivity index (χ3n) is 2.49. The standard InChI is InChI=1S/C13H15FN2O2/c1-17-7-6-15-9-10-8-13(18-16-10)11-4-2-3-5-12(11)14/h2-5,8,15H,6-7,9H2,1H3. The average molecular weight is 250 g/mol. The second-order valence-corrected chi connectivity index (χ2v) is 3.83. The predicted molar refractivity (Wildman–Crippen MR) is 65.5 cm³/mol. The smallest absolute Gasteiger partial charge is 0.170 e. The molecule has 0 aliphatic rings. The van der Waals surface area contributed by atoms with Crippen molar-refractivity contribution in [2.75, 3.05) is 20.3 Å². The molecule has 1 N–H and O–H groups in total. The average Bonchev–Trinajstić information content (AvgIpc) is 2.84. The minimum absolute atomic E-state index is 0.312. The van der Waals surface area contributed by atoms with Crippen molar-refractivity contribution in [3.05, 3.63) is 41.8 Å². The summed E-state index contributed by atoms with van der Waals surface area (Å²) in [7, 11) is 1.65. The molecule has 0 spiro atoms. The first kappa shape index (κ1) is 12.7. The SMILES string of the molecule is COCCNCc1cc(-c2ccccc2F)on1. The molecule has 0 aliphatic carbocycles. The van der Waals surface area contributed by atoms with E-state index in [4.69, 9.17) is 9.26 Å². The molecule has 0 bridgehead atoms. The third-order valence-corrected chi connectivity index (χ3v) is 2.49. The highest BCUT2D eigenvalue weighted by Crippen LogP contribution is 2.22. The van der Waals surface area contributed by atoms with Gasteiger partial charge >= 0.3 is 0 Å². The molecule has 1 aromatic carbocycles. The quantitative estimate of drug-likeness (QED) is 0.798. The van der Waals surface area contributed by atoms with Gasteiger partial charge < -0.3 is 14.6 Å². The number of nitrogens with zero attached hydrogens (tertiary/aromatic N) is 1. The van der Waals surface area contributed by atoms with E-state index in [0.29, 0.717) is 24.5 Å². The number of hydrogen-bond donors (Lipinski definition) is 1. The lowest BCUT2D eigenvalue weighted by molar-refractivity contribution is 0.199. The Morgan fingerprint density at radius 1 is 1.39 bits per heavy atom. The fraction of sp³-hybridized carbons (Fsp3) is 0.308. The highest BCUT2D eigenvalue weighted by molar-refractivity contribution is 5.57. The zero-order valence-electron chi connectivity index (χ0n) is 10.1. The Balaban J connectivity index is 2.00. The van der Waals surface area contributed by atoms with Crippen LogP contribution in [0.3, 0.4) is 0 Å². The second kappa shape index (κ2) is 6.28. The van der Waals surface area contributed by atoms with Crippen LogP contribution in [0.15, 0.2) is 34.9 Å². The van der Waals surface area contributed by atoms with Gasteiger partial charge in [0.1, 0.15) is 5.82 Å². The molecule has 0 unspecified atom stereocenters. The first-order chi connectivity index (χ1) is 8.81. The van der Waals surface area contributed by atoms with E-state index in [2.05, 4.69) is 10.5 Å². The Morgan fingerprint density at radius 2 is 2.22 bits per heavy atom. The van der Waals surface area contributed by atoms with Crippen molar-refractivity contribution in [1.29, 1.82) is 0 Å². The zero-order valence-corrected chi connectivity index (χ0v) is 10.1. The van der Waals surface area contributed by atoms with E-state index in [9.17, 15) is 4.39 Å². The Morgan fingerprint density at radius 3 is 3.00 bits per heavy atom. The molecular weight excluding hydrogens is 235 g/mol. The minimum Gasteiger partial charge on any atom is -0.383 e. The molecular formula is C13H15FN2O2. The maximum atomic E-state index is 13.5. The van der Waals surface area contributed by atoms with Gasteiger partial charge in [-0.1, -0.05) is 17.3 Å². The summed E-state index contributed by atoms with van der Waals surface area (Å²) in [5, 5.41) is 7.03. The van der Waals surface area contributed by atoms with Gasteiger partial charge in [0.2, 0.25) is 0 Å². The molecule has 96 valence electrons. The number of rotatable bonds is 6. The van der Waals surface area contributed by atoms with Gasteiger partial charge in [0.15, 0.2) is 5.76 Å². The summed E-state index contributed by atoms with van der Waals surface area (Å²) in [4.78, 5) is 0. The summed E-state index contributed by atoms with van der Waals surface area (Å²) in [5.41, 5.74) is 1.16. The Bertz CT molecular complexity index is 499. The summed E-state index contributed by atoms with van der Waals surface area (Å²) in [6.07, 6.45) is 0. The van der Waals surface area contributed by atoms with Crippen LogP contribution in [0.1, 0.15) is 5.69 Å². The molecule has 0 aliphatic heterocycles. The van der Waals surface area contributed by atoms with E-state index in [1.807, 2.05) is 0 Å². The maximum Gasteiger partial charge on any atom is 0.170 e. The van der Waals surface area contributed by atoms with E-state index in [0.717, 1.165) is 12.2 Å². The van der Waals surface area contributed by atoms with Crippen LogP contribution in [0, 0.1) is 5.82 Å². The van der Waals surface area contributed by atoms with Crippen LogP contribution in [0.4, 0.5) is 4.39 Å². The number of ether oxygens (including phenoxy) is 1. The van der Waals surface area contributed by atoms with Gasteiger partial charge in [-0.2, -0.15) is 0 Å². The molecule has 5 heteroatoms. The molecule has 1 heterocycles. The lowest BCUT2D eigenvalue weighted by Gasteiger charge is -1.99. The normalized spacial score (nSPS) is 10.8. The minimum atomic E-state index is -0.312. The summed E-state index contributed by atoms with van der Waals surface area (Å²) in [6.45, 7) is 1.94. The van der Waals surface area contributed by atoms with Crippen molar-refractivity contribution in [3.8, 4) is 11.3 Å². The molecule has 4 nitrogen and oxygen atoms in total. The van der Waals surface area contributed by atoms with Crippen LogP contribution in [-0.4, -0.2) is 25.4 Å². The molecule has 0 atom stereocenters. The monoisotopic (exact) mass is 250 g/mol. The van der Waals surface area contributed by atoms with Crippen LogP contribution < -0.4 is 5.32 Å². The molecule has 2 aromatic rings. The lowest BCUT2D eigenvalue weighted by Crippen LogP contribution is -2.18. The fourth-order valence-corrected chi connectivity index (χ4v) is 1.57. The van der Waals surface area contributed by atoms with Crippen LogP contribution >= 0.6 is 0 Å². The highest BCUT2D eigenvalue weighted by atomic mass is 19.1. The van der Waals surface area contributed by atoms with Crippen LogP contribution in [0.5, 0.6) is 0 Å². The van der Waals surface area contributed by atoms with Crippen molar-refractivity contribution < 1.29 is 13.7 Å². The fourth-order valence-electron chi connectivity index (χ4n) is 1.57. The maximum absolute atomic E-state index is 13.5. The summed E-state index contributed by atoms with van der Waals surface area (Å²) in [6, 6.07) is 8.20. The Hall–Kier alpha value is -1.72. The lowest BCUT2D eigenvalue weighted by atomic mass is 10.1. The van der Waals surface area contributed by atoms with E-state index in [1.54, 1.807) is 31.4 Å². The van der Waals surface area contributed by atoms with Gasteiger partial charge in [0.05, 0.1) is 17.9 Å². The highest BCUT2D eigenvalue weighted by Gasteiger charge is 2.10. The van der Waals surface area contributed by atoms with Crippen molar-refractivity contribution >= 4 is 0 Å². The van der Waals surface area contributed by atoms with Crippen molar-refractivity contribution in [2.45, 2.75) is 6.54 Å². The Labute approximate surface area is 105 Å². The van der Waals surface area contributed by atoms with Gasteiger partial charge in [-0.05, 0) is 12.1 Å². The Kier molecular flexibility index (Phi) is 4.44. The van der Waals surface area contributed by atoms with Crippen molar-refractivity contribution in [1.82, 2.24) is 10.5 Å². The van der Waals surface area contributed by atoms with Crippen molar-refractivity contribution in [3.63, 3.8) is 0 Å². The number of benzene rings is 1. The van der Waals surface area contributed by atoms with Crippen molar-refractivity contribution in [2.24, 2.45) is 0 Å². The van der Waals surface area contributed by atoms with Gasteiger partial charge in [-0.25, -0.2) is 4.39 Å². The summed E-state index contributed by atoms with van der Waals surface area (Å²) in [5.74, 6) is 0.129. The molecule has 0 radical (unpaired) electrons. The zero-order chi connectivity index (χ0) is 12.8. The third kappa shape index (κ3) is 3.15. The van der Waals surface area contributed by atoms with E-state index < -0.39 is 0 Å². The molecule has 1 aromatic heterocycles. The molecule has 0 fully saturated rings. The number of nitrogens with one attached hydrogen (secondary N) is 1. The van der Waals surface area contributed by atoms with Crippen LogP contribution in [-0.2, 0) is 11.3 Å². The number of methoxy groups -OCH3 is 1. The molecule has 2 rings (SSSR count). The molecule has 0 amide bonds. The summed E-state index contributed by atoms with van der Waals surface area (Å²) >= 11 is 0. The molecule has 18 heavy (non-hydrogen) atoms. The number of aromatic nitrogens is 1. The summed E-state index contributed by atoms with van der Waals surface area (Å²) < 4.78 is 23.6. The van der Waals surface area contributed by atoms with Gasteiger partial charge in [0.25, 0.3) is 0 Å². The van der Waals surface area contributed by atoms with Crippen LogP contribution in [0.2, 0.25) is 0 Å². The second-order valence-electron chi connectivity index (χ2n) is 3.83. The van der Waals surface area contributed by atoms with Crippen LogP contribution in [0.25, 0.3) is 11.3 Å². The van der Waals surface area contributed by atoms with E-state index in [-0.39, 0.29) is 5.82 Å². The topological polar surface area (TPSA) is 47.3 Å². The molecule has 0 saturated heterocycles. The first-order valence-corrected chi connectivity index (χ1v) is 5.71. The van der Waals surface area contributed by atoms with Gasteiger partial charge in [-0.15, -0.1) is 0 Å². The van der Waals surface area contributed by atoms with Gasteiger partial charge in [0, 0.05) is 26.3 Å². The molecule has 0 saturated carbocycles. The number of hydrogen-bond acceptors (Lipinski definition) is 4. The van der Waals surface area contributed by atoms with E-state index in [1.165, 1.54) is 6.07 Å². The number of halogens is 1. The largest absolute Gasteiger partial charge is 0.383 e. The predicted octanol–water partition coefficient (Wildman–Crippen LogP) is 2.22.